The third-order valence-corrected chi connectivity index (χ3v) is 4.86. The van der Waals surface area contributed by atoms with Gasteiger partial charge in [-0.1, -0.05) is 12.1 Å². The number of carbonyl (C=O) groups excluding carboxylic acids is 2. The van der Waals surface area contributed by atoms with Crippen LogP contribution in [0.1, 0.15) is 32.3 Å². The highest BCUT2D eigenvalue weighted by atomic mass is 35.5. The lowest BCUT2D eigenvalue weighted by atomic mass is 9.94. The molecule has 1 N–H and O–H groups in total. The molecule has 0 fully saturated rings. The van der Waals surface area contributed by atoms with Crippen molar-refractivity contribution in [2.24, 2.45) is 0 Å². The fraction of sp³-hybridized carbons (Fsp3) is 0.368. The summed E-state index contributed by atoms with van der Waals surface area (Å²) in [7, 11) is 0. The number of ether oxygens (including phenoxy) is 2. The molecule has 0 unspecified atom stereocenters. The van der Waals surface area contributed by atoms with Crippen LogP contribution in [0.5, 0.6) is 5.75 Å². The quantitative estimate of drug-likeness (QED) is 0.725. The summed E-state index contributed by atoms with van der Waals surface area (Å²) >= 11 is 6.21. The largest absolute Gasteiger partial charge is 0.443 e. The molecule has 0 spiro atoms. The Morgan fingerprint density at radius 1 is 1.42 bits per heavy atom. The zero-order chi connectivity index (χ0) is 18.6. The first-order chi connectivity index (χ1) is 12.3. The second-order valence-corrected chi connectivity index (χ2v) is 7.80. The molecule has 2 aliphatic heterocycles. The molecule has 7 heteroatoms. The Kier molecular flexibility index (Phi) is 3.77. The molecule has 2 aliphatic rings. The van der Waals surface area contributed by atoms with Crippen molar-refractivity contribution < 1.29 is 19.1 Å². The van der Waals surface area contributed by atoms with Gasteiger partial charge in [0.1, 0.15) is 11.4 Å². The topological polar surface area (TPSA) is 67.9 Å². The first kappa shape index (κ1) is 17.0. The van der Waals surface area contributed by atoms with Crippen molar-refractivity contribution in [3.63, 3.8) is 0 Å². The smallest absolute Gasteiger partial charge is 0.417 e. The number of hydrogen-bond donors (Lipinski definition) is 1. The lowest BCUT2D eigenvalue weighted by Gasteiger charge is -2.26. The van der Waals surface area contributed by atoms with Crippen molar-refractivity contribution in [3.05, 3.63) is 29.8 Å². The molecular formula is C19H19ClN2O4. The first-order valence-corrected chi connectivity index (χ1v) is 8.97. The number of anilines is 2. The van der Waals surface area contributed by atoms with E-state index in [0.717, 1.165) is 16.3 Å². The number of halogens is 1. The molecule has 0 aromatic heterocycles. The van der Waals surface area contributed by atoms with E-state index in [1.54, 1.807) is 11.0 Å². The second-order valence-electron chi connectivity index (χ2n) is 7.49. The van der Waals surface area contributed by atoms with Crippen molar-refractivity contribution in [1.82, 2.24) is 0 Å². The van der Waals surface area contributed by atoms with Crippen LogP contribution in [-0.4, -0.2) is 30.2 Å². The Balaban J connectivity index is 1.90. The fourth-order valence-corrected chi connectivity index (χ4v) is 3.80. The SMILES string of the molecule is CC(C)(C)OC(=O)N1C[C@H](CCl)c2c1cc1c3c(cccc23)NC(=O)O1. The number of carbonyl (C=O) groups is 2. The third kappa shape index (κ3) is 2.65. The number of fused-ring (bicyclic) bond motifs is 2. The molecule has 4 rings (SSSR count). The number of nitrogens with one attached hydrogen (secondary N) is 1. The van der Waals surface area contributed by atoms with Gasteiger partial charge in [0, 0.05) is 29.8 Å². The minimum absolute atomic E-state index is 0.0267. The Bertz CT molecular complexity index is 935. The van der Waals surface area contributed by atoms with Crippen molar-refractivity contribution in [2.75, 3.05) is 22.6 Å². The zero-order valence-electron chi connectivity index (χ0n) is 14.8. The molecule has 1 atom stereocenters. The van der Waals surface area contributed by atoms with Crippen molar-refractivity contribution in [3.8, 4) is 5.75 Å². The molecular weight excluding hydrogens is 356 g/mol. The molecule has 2 aromatic rings. The number of alkyl halides is 1. The van der Waals surface area contributed by atoms with E-state index in [1.165, 1.54) is 0 Å². The van der Waals surface area contributed by atoms with Gasteiger partial charge < -0.3 is 9.47 Å². The number of rotatable bonds is 1. The van der Waals surface area contributed by atoms with E-state index < -0.39 is 17.8 Å². The molecule has 2 aromatic carbocycles. The maximum absolute atomic E-state index is 12.7. The van der Waals surface area contributed by atoms with Crippen LogP contribution in [0.15, 0.2) is 24.3 Å². The molecule has 6 nitrogen and oxygen atoms in total. The van der Waals surface area contributed by atoms with E-state index in [4.69, 9.17) is 21.1 Å². The molecule has 2 heterocycles. The van der Waals surface area contributed by atoms with Crippen LogP contribution < -0.4 is 15.0 Å². The van der Waals surface area contributed by atoms with Crippen LogP contribution in [0.2, 0.25) is 0 Å². The van der Waals surface area contributed by atoms with Crippen LogP contribution in [-0.2, 0) is 4.74 Å². The molecule has 2 amide bonds. The van der Waals surface area contributed by atoms with Crippen LogP contribution in [0.3, 0.4) is 0 Å². The maximum atomic E-state index is 12.7. The average Bonchev–Trinajstić information content (AvgIpc) is 2.92. The zero-order valence-corrected chi connectivity index (χ0v) is 15.5. The van der Waals surface area contributed by atoms with Gasteiger partial charge in [-0.2, -0.15) is 0 Å². The predicted molar refractivity (Wildman–Crippen MR) is 101 cm³/mol. The van der Waals surface area contributed by atoms with Gasteiger partial charge in [0.05, 0.1) is 11.4 Å². The van der Waals surface area contributed by atoms with E-state index in [0.29, 0.717) is 29.5 Å². The number of benzene rings is 2. The Morgan fingerprint density at radius 2 is 2.19 bits per heavy atom. The van der Waals surface area contributed by atoms with E-state index in [2.05, 4.69) is 5.32 Å². The van der Waals surface area contributed by atoms with Crippen LogP contribution in [0.25, 0.3) is 10.8 Å². The average molecular weight is 375 g/mol. The molecule has 0 radical (unpaired) electrons. The highest BCUT2D eigenvalue weighted by Gasteiger charge is 2.38. The summed E-state index contributed by atoms with van der Waals surface area (Å²) in [5, 5.41) is 4.46. The third-order valence-electron chi connectivity index (χ3n) is 4.49. The maximum Gasteiger partial charge on any atom is 0.417 e. The highest BCUT2D eigenvalue weighted by molar-refractivity contribution is 6.19. The predicted octanol–water partition coefficient (Wildman–Crippen LogP) is 4.84. The first-order valence-electron chi connectivity index (χ1n) is 8.43. The summed E-state index contributed by atoms with van der Waals surface area (Å²) < 4.78 is 10.9. The van der Waals surface area contributed by atoms with E-state index >= 15 is 0 Å². The lowest BCUT2D eigenvalue weighted by molar-refractivity contribution is 0.0582. The van der Waals surface area contributed by atoms with E-state index in [-0.39, 0.29) is 5.92 Å². The number of nitrogens with zero attached hydrogens (tertiary/aromatic N) is 1. The van der Waals surface area contributed by atoms with Gasteiger partial charge in [-0.25, -0.2) is 9.59 Å². The summed E-state index contributed by atoms with van der Waals surface area (Å²) in [5.41, 5.74) is 1.75. The number of amides is 2. The summed E-state index contributed by atoms with van der Waals surface area (Å²) in [4.78, 5) is 26.1. The van der Waals surface area contributed by atoms with Crippen LogP contribution in [0, 0.1) is 0 Å². The lowest BCUT2D eigenvalue weighted by Crippen LogP contribution is -2.36. The van der Waals surface area contributed by atoms with Crippen LogP contribution in [0.4, 0.5) is 21.0 Å². The molecule has 0 saturated carbocycles. The van der Waals surface area contributed by atoms with E-state index in [9.17, 15) is 9.59 Å². The summed E-state index contributed by atoms with van der Waals surface area (Å²) in [5.74, 6) is 0.779. The Hall–Kier alpha value is -2.47. The Morgan fingerprint density at radius 3 is 2.88 bits per heavy atom. The molecule has 0 bridgehead atoms. The van der Waals surface area contributed by atoms with Crippen molar-refractivity contribution in [1.29, 1.82) is 0 Å². The van der Waals surface area contributed by atoms with E-state index in [1.807, 2.05) is 39.0 Å². The standard InChI is InChI=1S/C19H19ClN2O4/c1-19(2,3)26-18(24)22-9-10(8-20)15-11-5-4-6-12-16(11)14(7-13(15)22)25-17(23)21-12/h4-7,10H,8-9H2,1-3H3,(H,21,23)/t10-/m0/s1. The van der Waals surface area contributed by atoms with Gasteiger partial charge in [0.2, 0.25) is 0 Å². The molecule has 0 saturated heterocycles. The van der Waals surface area contributed by atoms with Gasteiger partial charge >= 0.3 is 12.2 Å². The van der Waals surface area contributed by atoms with Gasteiger partial charge in [-0.15, -0.1) is 11.6 Å². The molecule has 0 aliphatic carbocycles. The summed E-state index contributed by atoms with van der Waals surface area (Å²) in [6, 6.07) is 7.39. The number of hydrogen-bond acceptors (Lipinski definition) is 4. The normalized spacial score (nSPS) is 18.4. The Labute approximate surface area is 156 Å². The summed E-state index contributed by atoms with van der Waals surface area (Å²) in [6.07, 6.45) is -0.977. The minimum Gasteiger partial charge on any atom is -0.443 e. The van der Waals surface area contributed by atoms with Crippen molar-refractivity contribution in [2.45, 2.75) is 32.3 Å². The van der Waals surface area contributed by atoms with Crippen LogP contribution >= 0.6 is 11.6 Å². The van der Waals surface area contributed by atoms with Gasteiger partial charge in [-0.3, -0.25) is 10.2 Å². The highest BCUT2D eigenvalue weighted by Crippen LogP contribution is 2.48. The molecule has 136 valence electrons. The van der Waals surface area contributed by atoms with Gasteiger partial charge in [-0.05, 0) is 37.8 Å². The van der Waals surface area contributed by atoms with Gasteiger partial charge in [0.15, 0.2) is 0 Å². The second kappa shape index (κ2) is 5.77. The monoisotopic (exact) mass is 374 g/mol. The minimum atomic E-state index is -0.606. The van der Waals surface area contributed by atoms with Crippen molar-refractivity contribution >= 4 is 45.9 Å². The fourth-order valence-electron chi connectivity index (χ4n) is 3.55. The van der Waals surface area contributed by atoms with Gasteiger partial charge in [0.25, 0.3) is 0 Å². The molecule has 26 heavy (non-hydrogen) atoms. The summed E-state index contributed by atoms with van der Waals surface area (Å²) in [6.45, 7) is 5.90.